The van der Waals surface area contributed by atoms with E-state index in [2.05, 4.69) is 0 Å². The number of para-hydroxylation sites is 1. The highest BCUT2D eigenvalue weighted by molar-refractivity contribution is 7.89. The molecule has 0 saturated heterocycles. The molecule has 0 aromatic heterocycles. The van der Waals surface area contributed by atoms with Crippen LogP contribution in [-0.4, -0.2) is 50.9 Å². The molecular formula is C18H21FN2O3S. The van der Waals surface area contributed by atoms with Crippen molar-refractivity contribution >= 4 is 10.0 Å². The van der Waals surface area contributed by atoms with Gasteiger partial charge in [0.2, 0.25) is 10.0 Å². The monoisotopic (exact) mass is 364 g/mol. The van der Waals surface area contributed by atoms with Crippen molar-refractivity contribution in [3.63, 3.8) is 0 Å². The summed E-state index contributed by atoms with van der Waals surface area (Å²) in [7, 11) is 0.0859. The Hall–Kier alpha value is -1.96. The van der Waals surface area contributed by atoms with Gasteiger partial charge in [-0.15, -0.1) is 0 Å². The molecule has 1 aliphatic heterocycles. The highest BCUT2D eigenvalue weighted by Crippen LogP contribution is 2.28. The number of fused-ring (bicyclic) bond motifs is 1. The maximum atomic E-state index is 13.2. The Kier molecular flexibility index (Phi) is 5.08. The molecule has 0 bridgehead atoms. The lowest BCUT2D eigenvalue weighted by Crippen LogP contribution is -2.41. The van der Waals surface area contributed by atoms with Crippen LogP contribution in [0.25, 0.3) is 0 Å². The standard InChI is InChI=1S/C18H21FN2O3S/c1-20(2)12-16-13-21(11-14-5-3-4-6-18(14)24-16)25(22,23)17-9-7-15(19)8-10-17/h3-10,16H,11-13H2,1-2H3. The van der Waals surface area contributed by atoms with Gasteiger partial charge in [0.25, 0.3) is 0 Å². The highest BCUT2D eigenvalue weighted by Gasteiger charge is 2.32. The maximum Gasteiger partial charge on any atom is 0.243 e. The third-order valence-corrected chi connectivity index (χ3v) is 5.87. The molecule has 2 aromatic carbocycles. The molecule has 134 valence electrons. The Morgan fingerprint density at radius 2 is 1.84 bits per heavy atom. The summed E-state index contributed by atoms with van der Waals surface area (Å²) in [6.45, 7) is 1.04. The van der Waals surface area contributed by atoms with E-state index in [0.717, 1.165) is 17.7 Å². The third-order valence-electron chi connectivity index (χ3n) is 4.04. The van der Waals surface area contributed by atoms with E-state index >= 15 is 0 Å². The first-order chi connectivity index (χ1) is 11.9. The number of hydrogen-bond acceptors (Lipinski definition) is 4. The molecule has 1 atom stereocenters. The first-order valence-corrected chi connectivity index (χ1v) is 9.45. The van der Waals surface area contributed by atoms with Crippen LogP contribution in [0.3, 0.4) is 0 Å². The molecule has 2 aromatic rings. The summed E-state index contributed by atoms with van der Waals surface area (Å²) < 4.78 is 46.6. The fraction of sp³-hybridized carbons (Fsp3) is 0.333. The Balaban J connectivity index is 1.97. The SMILES string of the molecule is CN(C)CC1CN(S(=O)(=O)c2ccc(F)cc2)Cc2ccccc2O1. The molecule has 1 unspecified atom stereocenters. The van der Waals surface area contributed by atoms with Gasteiger partial charge in [0, 0.05) is 18.7 Å². The smallest absolute Gasteiger partial charge is 0.243 e. The minimum Gasteiger partial charge on any atom is -0.487 e. The van der Waals surface area contributed by atoms with Crippen molar-refractivity contribution in [1.82, 2.24) is 9.21 Å². The van der Waals surface area contributed by atoms with Gasteiger partial charge in [0.1, 0.15) is 17.7 Å². The van der Waals surface area contributed by atoms with Crippen molar-refractivity contribution < 1.29 is 17.5 Å². The van der Waals surface area contributed by atoms with Crippen molar-refractivity contribution in [2.75, 3.05) is 27.2 Å². The fourth-order valence-corrected chi connectivity index (χ4v) is 4.34. The van der Waals surface area contributed by atoms with E-state index in [1.54, 1.807) is 0 Å². The molecule has 0 fully saturated rings. The van der Waals surface area contributed by atoms with Crippen molar-refractivity contribution in [3.8, 4) is 5.75 Å². The number of halogens is 1. The summed E-state index contributed by atoms with van der Waals surface area (Å²) in [6, 6.07) is 12.4. The molecule has 0 amide bonds. The molecule has 1 heterocycles. The van der Waals surface area contributed by atoms with E-state index in [0.29, 0.717) is 12.3 Å². The Morgan fingerprint density at radius 3 is 2.52 bits per heavy atom. The van der Waals surface area contributed by atoms with Crippen LogP contribution in [0.1, 0.15) is 5.56 Å². The lowest BCUT2D eigenvalue weighted by Gasteiger charge is -2.25. The second-order valence-electron chi connectivity index (χ2n) is 6.36. The molecule has 1 aliphatic rings. The zero-order valence-electron chi connectivity index (χ0n) is 14.2. The molecule has 5 nitrogen and oxygen atoms in total. The van der Waals surface area contributed by atoms with Crippen molar-refractivity contribution in [2.45, 2.75) is 17.5 Å². The van der Waals surface area contributed by atoms with E-state index in [4.69, 9.17) is 4.74 Å². The van der Waals surface area contributed by atoms with Crippen LogP contribution >= 0.6 is 0 Å². The first kappa shape index (κ1) is 17.8. The molecule has 25 heavy (non-hydrogen) atoms. The van der Waals surface area contributed by atoms with Crippen molar-refractivity contribution in [2.24, 2.45) is 0 Å². The van der Waals surface area contributed by atoms with E-state index in [9.17, 15) is 12.8 Å². The largest absolute Gasteiger partial charge is 0.487 e. The van der Waals surface area contributed by atoms with Gasteiger partial charge in [0.05, 0.1) is 11.4 Å². The molecule has 0 saturated carbocycles. The summed E-state index contributed by atoms with van der Waals surface area (Å²) >= 11 is 0. The molecular weight excluding hydrogens is 343 g/mol. The molecule has 0 N–H and O–H groups in total. The zero-order chi connectivity index (χ0) is 18.0. The number of likely N-dealkylation sites (N-methyl/N-ethyl adjacent to an activating group) is 1. The molecule has 0 aliphatic carbocycles. The number of rotatable bonds is 4. The van der Waals surface area contributed by atoms with Crippen LogP contribution in [0.5, 0.6) is 5.75 Å². The Bertz CT molecular complexity index is 838. The summed E-state index contributed by atoms with van der Waals surface area (Å²) in [6.07, 6.45) is -0.297. The zero-order valence-corrected chi connectivity index (χ0v) is 15.0. The molecule has 7 heteroatoms. The third kappa shape index (κ3) is 4.00. The van der Waals surface area contributed by atoms with E-state index < -0.39 is 15.8 Å². The fourth-order valence-electron chi connectivity index (χ4n) is 2.89. The van der Waals surface area contributed by atoms with Crippen LogP contribution in [0.4, 0.5) is 4.39 Å². The normalized spacial score (nSPS) is 18.5. The average molecular weight is 364 g/mol. The van der Waals surface area contributed by atoms with Gasteiger partial charge in [-0.25, -0.2) is 12.8 Å². The van der Waals surface area contributed by atoms with E-state index in [1.807, 2.05) is 43.3 Å². The first-order valence-electron chi connectivity index (χ1n) is 8.01. The van der Waals surface area contributed by atoms with Crippen LogP contribution in [0, 0.1) is 5.82 Å². The lowest BCUT2D eigenvalue weighted by molar-refractivity contribution is 0.146. The molecule has 3 rings (SSSR count). The summed E-state index contributed by atoms with van der Waals surface area (Å²) in [5.41, 5.74) is 0.814. The topological polar surface area (TPSA) is 49.9 Å². The summed E-state index contributed by atoms with van der Waals surface area (Å²) in [5.74, 6) is 0.236. The Morgan fingerprint density at radius 1 is 1.16 bits per heavy atom. The molecule has 0 spiro atoms. The summed E-state index contributed by atoms with van der Waals surface area (Å²) in [5, 5.41) is 0. The van der Waals surface area contributed by atoms with Gasteiger partial charge < -0.3 is 9.64 Å². The van der Waals surface area contributed by atoms with Crippen LogP contribution in [0.2, 0.25) is 0 Å². The predicted octanol–water partition coefficient (Wildman–Crippen LogP) is 2.34. The minimum atomic E-state index is -3.75. The number of nitrogens with zero attached hydrogens (tertiary/aromatic N) is 2. The van der Waals surface area contributed by atoms with Gasteiger partial charge in [-0.3, -0.25) is 0 Å². The number of hydrogen-bond donors (Lipinski definition) is 0. The quantitative estimate of drug-likeness (QED) is 0.836. The number of benzene rings is 2. The number of ether oxygens (including phenoxy) is 1. The van der Waals surface area contributed by atoms with E-state index in [1.165, 1.54) is 16.4 Å². The van der Waals surface area contributed by atoms with Crippen LogP contribution in [0.15, 0.2) is 53.4 Å². The number of sulfonamides is 1. The van der Waals surface area contributed by atoms with Gasteiger partial charge in [-0.1, -0.05) is 18.2 Å². The van der Waals surface area contributed by atoms with Gasteiger partial charge >= 0.3 is 0 Å². The second-order valence-corrected chi connectivity index (χ2v) is 8.30. The Labute approximate surface area is 147 Å². The van der Waals surface area contributed by atoms with Crippen molar-refractivity contribution in [1.29, 1.82) is 0 Å². The highest BCUT2D eigenvalue weighted by atomic mass is 32.2. The second kappa shape index (κ2) is 7.11. The minimum absolute atomic E-state index is 0.0804. The van der Waals surface area contributed by atoms with Crippen LogP contribution in [-0.2, 0) is 16.6 Å². The van der Waals surface area contributed by atoms with E-state index in [-0.39, 0.29) is 24.1 Å². The summed E-state index contributed by atoms with van der Waals surface area (Å²) in [4.78, 5) is 2.04. The van der Waals surface area contributed by atoms with Crippen LogP contribution < -0.4 is 4.74 Å². The van der Waals surface area contributed by atoms with Gasteiger partial charge in [0.15, 0.2) is 0 Å². The van der Waals surface area contributed by atoms with Crippen molar-refractivity contribution in [3.05, 3.63) is 59.9 Å². The molecule has 0 radical (unpaired) electrons. The maximum absolute atomic E-state index is 13.2. The average Bonchev–Trinajstić information content (AvgIpc) is 2.74. The lowest BCUT2D eigenvalue weighted by atomic mass is 10.2. The van der Waals surface area contributed by atoms with Gasteiger partial charge in [-0.2, -0.15) is 4.31 Å². The predicted molar refractivity (Wildman–Crippen MR) is 93.4 cm³/mol. The van der Waals surface area contributed by atoms with Gasteiger partial charge in [-0.05, 0) is 44.4 Å².